The molecule has 5 nitrogen and oxygen atoms in total. The Morgan fingerprint density at radius 3 is 2.55 bits per heavy atom. The van der Waals surface area contributed by atoms with Crippen molar-refractivity contribution in [1.29, 1.82) is 0 Å². The minimum Gasteiger partial charge on any atom is -0.451 e. The molecule has 20 heavy (non-hydrogen) atoms. The molecule has 2 aromatic rings. The maximum atomic E-state index is 12.6. The van der Waals surface area contributed by atoms with E-state index < -0.39 is 10.0 Å². The molecule has 2 rings (SSSR count). The highest BCUT2D eigenvalue weighted by Crippen LogP contribution is 2.30. The summed E-state index contributed by atoms with van der Waals surface area (Å²) < 4.78 is 32.0. The first-order valence-corrected chi connectivity index (χ1v) is 8.17. The Kier molecular flexibility index (Phi) is 4.52. The fraction of sp³-hybridized carbons (Fsp3) is 0.231. The van der Waals surface area contributed by atoms with Crippen molar-refractivity contribution >= 4 is 31.6 Å². The van der Waals surface area contributed by atoms with Crippen LogP contribution in [0.4, 0.5) is 5.69 Å². The minimum absolute atomic E-state index is 0.120. The Morgan fingerprint density at radius 1 is 1.30 bits per heavy atom. The van der Waals surface area contributed by atoms with E-state index in [2.05, 4.69) is 21.2 Å². The van der Waals surface area contributed by atoms with Gasteiger partial charge in [-0.2, -0.15) is 0 Å². The maximum absolute atomic E-state index is 12.6. The van der Waals surface area contributed by atoms with Crippen LogP contribution in [-0.4, -0.2) is 22.5 Å². The van der Waals surface area contributed by atoms with Gasteiger partial charge < -0.3 is 9.73 Å². The number of furan rings is 1. The van der Waals surface area contributed by atoms with E-state index in [4.69, 9.17) is 4.42 Å². The van der Waals surface area contributed by atoms with Crippen molar-refractivity contribution in [3.8, 4) is 0 Å². The Hall–Kier alpha value is -1.31. The van der Waals surface area contributed by atoms with Crippen molar-refractivity contribution in [3.63, 3.8) is 0 Å². The van der Waals surface area contributed by atoms with Crippen LogP contribution in [0.5, 0.6) is 0 Å². The number of hydrogen-bond acceptors (Lipinski definition) is 4. The van der Waals surface area contributed by atoms with Crippen molar-refractivity contribution < 1.29 is 12.8 Å². The third-order valence-corrected chi connectivity index (χ3v) is 5.46. The number of halogens is 1. The van der Waals surface area contributed by atoms with E-state index in [-0.39, 0.29) is 9.56 Å². The summed E-state index contributed by atoms with van der Waals surface area (Å²) in [6.45, 7) is 0.461. The summed E-state index contributed by atoms with van der Waals surface area (Å²) >= 11 is 3.16. The number of nitrogens with zero attached hydrogens (tertiary/aromatic N) is 1. The summed E-state index contributed by atoms with van der Waals surface area (Å²) in [5.74, 6) is 0.555. The number of anilines is 1. The number of para-hydroxylation sites is 1. The molecule has 1 heterocycles. The molecule has 0 radical (unpaired) electrons. The molecule has 0 unspecified atom stereocenters. The molecule has 0 fully saturated rings. The highest BCUT2D eigenvalue weighted by molar-refractivity contribution is 9.10. The molecule has 0 saturated heterocycles. The number of benzene rings is 1. The van der Waals surface area contributed by atoms with E-state index in [1.165, 1.54) is 17.4 Å². The van der Waals surface area contributed by atoms with Gasteiger partial charge in [0.2, 0.25) is 0 Å². The van der Waals surface area contributed by atoms with Gasteiger partial charge in [-0.25, -0.2) is 8.42 Å². The van der Waals surface area contributed by atoms with Crippen LogP contribution in [0.15, 0.2) is 50.4 Å². The predicted molar refractivity (Wildman–Crippen MR) is 81.2 cm³/mol. The van der Waals surface area contributed by atoms with Crippen molar-refractivity contribution in [2.75, 3.05) is 18.4 Å². The number of hydrogen-bond donors (Lipinski definition) is 1. The van der Waals surface area contributed by atoms with Crippen LogP contribution in [0.1, 0.15) is 5.76 Å². The second-order valence-corrected chi connectivity index (χ2v) is 6.85. The molecule has 1 aromatic heterocycles. The lowest BCUT2D eigenvalue weighted by Gasteiger charge is -2.18. The fourth-order valence-electron chi connectivity index (χ4n) is 1.76. The summed E-state index contributed by atoms with van der Waals surface area (Å²) in [4.78, 5) is 0.120. The van der Waals surface area contributed by atoms with Crippen LogP contribution in [0.2, 0.25) is 0 Å². The quantitative estimate of drug-likeness (QED) is 0.892. The van der Waals surface area contributed by atoms with E-state index in [1.807, 2.05) is 6.07 Å². The molecule has 0 aliphatic heterocycles. The Bertz CT molecular complexity index is 683. The Balaban J connectivity index is 2.40. The Labute approximate surface area is 126 Å². The summed E-state index contributed by atoms with van der Waals surface area (Å²) in [5.41, 5.74) is 0.593. The fourth-order valence-corrected chi connectivity index (χ4v) is 3.91. The largest absolute Gasteiger partial charge is 0.451 e. The van der Waals surface area contributed by atoms with Crippen LogP contribution >= 0.6 is 15.9 Å². The second-order valence-electron chi connectivity index (χ2n) is 4.19. The van der Waals surface area contributed by atoms with E-state index in [0.717, 1.165) is 0 Å². The predicted octanol–water partition coefficient (Wildman–Crippen LogP) is 2.59. The molecule has 7 heteroatoms. The lowest BCUT2D eigenvalue weighted by atomic mass is 10.3. The molecule has 0 atom stereocenters. The van der Waals surface area contributed by atoms with Crippen LogP contribution < -0.4 is 9.62 Å². The van der Waals surface area contributed by atoms with Crippen LogP contribution in [-0.2, 0) is 16.6 Å². The monoisotopic (exact) mass is 358 g/mol. The smallest absolute Gasteiger partial charge is 0.268 e. The summed E-state index contributed by atoms with van der Waals surface area (Å²) in [5, 5.41) is 2.91. The molecule has 0 saturated carbocycles. The van der Waals surface area contributed by atoms with Crippen molar-refractivity contribution in [2.24, 2.45) is 0 Å². The minimum atomic E-state index is -3.66. The lowest BCUT2D eigenvalue weighted by Crippen LogP contribution is -2.26. The topological polar surface area (TPSA) is 62.6 Å². The van der Waals surface area contributed by atoms with E-state index in [1.54, 1.807) is 31.3 Å². The third kappa shape index (κ3) is 2.89. The van der Waals surface area contributed by atoms with Gasteiger partial charge in [0.15, 0.2) is 4.67 Å². The molecule has 0 amide bonds. The maximum Gasteiger partial charge on any atom is 0.268 e. The standard InChI is InChI=1S/C13H15BrN2O3S/c1-15-9-11-8-12(13(14)19-11)20(17,18)16(2)10-6-4-3-5-7-10/h3-8,15H,9H2,1-2H3. The molecule has 0 aliphatic rings. The second kappa shape index (κ2) is 5.99. The zero-order valence-electron chi connectivity index (χ0n) is 11.1. The zero-order chi connectivity index (χ0) is 14.8. The van der Waals surface area contributed by atoms with E-state index in [9.17, 15) is 8.42 Å². The molecule has 0 bridgehead atoms. The van der Waals surface area contributed by atoms with Gasteiger partial charge in [0, 0.05) is 13.1 Å². The van der Waals surface area contributed by atoms with Crippen molar-refractivity contribution in [3.05, 3.63) is 46.8 Å². The molecular formula is C13H15BrN2O3S. The molecule has 0 spiro atoms. The first-order chi connectivity index (χ1) is 9.46. The number of sulfonamides is 1. The van der Waals surface area contributed by atoms with E-state index >= 15 is 0 Å². The number of nitrogens with one attached hydrogen (secondary N) is 1. The summed E-state index contributed by atoms with van der Waals surface area (Å²) in [7, 11) is -0.375. The van der Waals surface area contributed by atoms with Crippen LogP contribution in [0.25, 0.3) is 0 Å². The molecule has 108 valence electrons. The zero-order valence-corrected chi connectivity index (χ0v) is 13.5. The normalized spacial score (nSPS) is 11.6. The molecule has 1 aromatic carbocycles. The molecule has 0 aliphatic carbocycles. The van der Waals surface area contributed by atoms with Gasteiger partial charge in [-0.1, -0.05) is 18.2 Å². The van der Waals surface area contributed by atoms with Gasteiger partial charge in [0.05, 0.1) is 12.2 Å². The highest BCUT2D eigenvalue weighted by atomic mass is 79.9. The van der Waals surface area contributed by atoms with Crippen molar-refractivity contribution in [2.45, 2.75) is 11.4 Å². The van der Waals surface area contributed by atoms with Gasteiger partial charge >= 0.3 is 0 Å². The van der Waals surface area contributed by atoms with Gasteiger partial charge in [0.1, 0.15) is 10.7 Å². The molecule has 1 N–H and O–H groups in total. The van der Waals surface area contributed by atoms with Crippen molar-refractivity contribution in [1.82, 2.24) is 5.32 Å². The summed E-state index contributed by atoms with van der Waals surface area (Å²) in [6.07, 6.45) is 0. The summed E-state index contributed by atoms with van der Waals surface area (Å²) in [6, 6.07) is 10.4. The third-order valence-electron chi connectivity index (χ3n) is 2.82. The van der Waals surface area contributed by atoms with E-state index in [0.29, 0.717) is 18.0 Å². The highest BCUT2D eigenvalue weighted by Gasteiger charge is 2.27. The van der Waals surface area contributed by atoms with Gasteiger partial charge in [0.25, 0.3) is 10.0 Å². The molecular weight excluding hydrogens is 344 g/mol. The number of rotatable bonds is 5. The first kappa shape index (κ1) is 15.1. The van der Waals surface area contributed by atoms with Crippen LogP contribution in [0, 0.1) is 0 Å². The Morgan fingerprint density at radius 2 is 1.95 bits per heavy atom. The van der Waals surface area contributed by atoms with Gasteiger partial charge in [-0.15, -0.1) is 0 Å². The average Bonchev–Trinajstić information content (AvgIpc) is 2.81. The SMILES string of the molecule is CNCc1cc(S(=O)(=O)N(C)c2ccccc2)c(Br)o1. The van der Waals surface area contributed by atoms with Crippen LogP contribution in [0.3, 0.4) is 0 Å². The van der Waals surface area contributed by atoms with Gasteiger partial charge in [-0.3, -0.25) is 4.31 Å². The lowest BCUT2D eigenvalue weighted by molar-refractivity contribution is 0.470. The first-order valence-electron chi connectivity index (χ1n) is 5.93. The van der Waals surface area contributed by atoms with Gasteiger partial charge in [-0.05, 0) is 35.1 Å². The average molecular weight is 359 g/mol.